The largest absolute Gasteiger partial charge is 0.416 e. The molecule has 0 bridgehead atoms. The Morgan fingerprint density at radius 1 is 1.10 bits per heavy atom. The molecule has 2 aromatic carbocycles. The summed E-state index contributed by atoms with van der Waals surface area (Å²) in [5.74, 6) is 0.449. The van der Waals surface area contributed by atoms with Gasteiger partial charge in [-0.25, -0.2) is 9.99 Å². The number of aromatic nitrogens is 2. The molecule has 1 aliphatic heterocycles. The number of hydrogen-bond donors (Lipinski definition) is 0. The lowest BCUT2D eigenvalue weighted by Crippen LogP contribution is -2.37. The van der Waals surface area contributed by atoms with Gasteiger partial charge in [0.25, 0.3) is 0 Å². The molecule has 1 aliphatic rings. The fourth-order valence-electron chi connectivity index (χ4n) is 3.57. The van der Waals surface area contributed by atoms with Crippen LogP contribution in [0.3, 0.4) is 0 Å². The lowest BCUT2D eigenvalue weighted by molar-refractivity contribution is -0.137. The summed E-state index contributed by atoms with van der Waals surface area (Å²) in [6.07, 6.45) is -4.42. The third kappa shape index (κ3) is 3.94. The molecule has 0 radical (unpaired) electrons. The second-order valence-electron chi connectivity index (χ2n) is 7.73. The lowest BCUT2D eigenvalue weighted by Gasteiger charge is -2.29. The molecule has 9 heteroatoms. The second kappa shape index (κ2) is 7.71. The molecular formula is C22H21F3N4OS. The molecule has 1 amide bonds. The molecule has 1 unspecified atom stereocenters. The number of alkyl halides is 3. The highest BCUT2D eigenvalue weighted by Gasteiger charge is 2.31. The molecule has 5 nitrogen and oxygen atoms in total. The predicted octanol–water partition coefficient (Wildman–Crippen LogP) is 5.93. The van der Waals surface area contributed by atoms with Gasteiger partial charge in [-0.1, -0.05) is 30.0 Å². The number of carbonyl (C=O) groups is 1. The van der Waals surface area contributed by atoms with Gasteiger partial charge in [-0.05, 0) is 45.0 Å². The third-order valence-corrected chi connectivity index (χ3v) is 6.14. The van der Waals surface area contributed by atoms with E-state index >= 15 is 0 Å². The topological polar surface area (TPSA) is 50.5 Å². The van der Waals surface area contributed by atoms with E-state index in [0.717, 1.165) is 28.9 Å². The second-order valence-corrected chi connectivity index (χ2v) is 9.02. The minimum atomic E-state index is -4.42. The molecule has 31 heavy (non-hydrogen) atoms. The van der Waals surface area contributed by atoms with Crippen molar-refractivity contribution in [3.8, 4) is 11.4 Å². The summed E-state index contributed by atoms with van der Waals surface area (Å²) in [4.78, 5) is 16.8. The average Bonchev–Trinajstić information content (AvgIpc) is 3.03. The maximum atomic E-state index is 13.1. The Labute approximate surface area is 181 Å². The van der Waals surface area contributed by atoms with E-state index < -0.39 is 11.7 Å². The number of halogens is 3. The average molecular weight is 446 g/mol. The quantitative estimate of drug-likeness (QED) is 0.501. The smallest absolute Gasteiger partial charge is 0.327 e. The zero-order chi connectivity index (χ0) is 22.5. The number of rotatable bonds is 3. The van der Waals surface area contributed by atoms with Gasteiger partial charge >= 0.3 is 11.4 Å². The van der Waals surface area contributed by atoms with E-state index in [2.05, 4.69) is 10.1 Å². The number of amides is 1. The van der Waals surface area contributed by atoms with Gasteiger partial charge in [0, 0.05) is 18.2 Å². The van der Waals surface area contributed by atoms with Crippen LogP contribution >= 0.6 is 11.8 Å². The lowest BCUT2D eigenvalue weighted by atomic mass is 10.1. The summed E-state index contributed by atoms with van der Waals surface area (Å²) in [6.45, 7) is 5.73. The molecule has 1 atom stereocenters. The fraction of sp³-hybridized carbons (Fsp3) is 0.318. The van der Waals surface area contributed by atoms with E-state index in [9.17, 15) is 18.0 Å². The number of imidazole rings is 1. The Hall–Kier alpha value is -2.81. The van der Waals surface area contributed by atoms with Gasteiger partial charge in [0.1, 0.15) is 5.82 Å². The van der Waals surface area contributed by atoms with E-state index in [0.29, 0.717) is 16.9 Å². The first-order valence-corrected chi connectivity index (χ1v) is 10.7. The summed E-state index contributed by atoms with van der Waals surface area (Å²) in [6, 6.07) is 10.8. The Kier molecular flexibility index (Phi) is 5.33. The van der Waals surface area contributed by atoms with Gasteiger partial charge < -0.3 is 4.57 Å². The predicted molar refractivity (Wildman–Crippen MR) is 117 cm³/mol. The molecule has 0 N–H and O–H groups in total. The molecule has 4 rings (SSSR count). The van der Waals surface area contributed by atoms with Crippen molar-refractivity contribution >= 4 is 33.7 Å². The van der Waals surface area contributed by atoms with Crippen molar-refractivity contribution in [1.29, 1.82) is 0 Å². The molecule has 2 heterocycles. The molecule has 0 saturated carbocycles. The summed E-state index contributed by atoms with van der Waals surface area (Å²) < 4.78 is 41.2. The van der Waals surface area contributed by atoms with Crippen molar-refractivity contribution in [2.45, 2.75) is 38.2 Å². The van der Waals surface area contributed by atoms with E-state index in [4.69, 9.17) is 0 Å². The number of carbonyl (C=O) groups excluding carboxylic acids is 1. The van der Waals surface area contributed by atoms with Gasteiger partial charge in [0.15, 0.2) is 0 Å². The Bertz CT molecular complexity index is 1200. The van der Waals surface area contributed by atoms with Gasteiger partial charge in [-0.3, -0.25) is 4.79 Å². The van der Waals surface area contributed by atoms with Crippen molar-refractivity contribution in [3.63, 3.8) is 0 Å². The van der Waals surface area contributed by atoms with Gasteiger partial charge in [-0.15, -0.1) is 0 Å². The fourth-order valence-corrected chi connectivity index (χ4v) is 4.53. The van der Waals surface area contributed by atoms with E-state index in [-0.39, 0.29) is 16.5 Å². The van der Waals surface area contributed by atoms with Crippen molar-refractivity contribution in [3.05, 3.63) is 53.6 Å². The Morgan fingerprint density at radius 2 is 1.84 bits per heavy atom. The summed E-state index contributed by atoms with van der Waals surface area (Å²) in [7, 11) is 1.78. The van der Waals surface area contributed by atoms with E-state index in [1.54, 1.807) is 17.7 Å². The minimum Gasteiger partial charge on any atom is -0.327 e. The zero-order valence-corrected chi connectivity index (χ0v) is 18.3. The number of fused-ring (bicyclic) bond motifs is 1. The number of benzene rings is 2. The molecular weight excluding hydrogens is 425 g/mol. The van der Waals surface area contributed by atoms with Crippen LogP contribution in [-0.2, 0) is 13.2 Å². The first kappa shape index (κ1) is 21.4. The van der Waals surface area contributed by atoms with Gasteiger partial charge in [-0.2, -0.15) is 18.3 Å². The third-order valence-electron chi connectivity index (χ3n) is 5.18. The number of nitrogens with zero attached hydrogens (tertiary/aromatic N) is 4. The van der Waals surface area contributed by atoms with E-state index in [1.807, 2.05) is 39.0 Å². The molecule has 0 spiro atoms. The standard InChI is InChI=1S/C22H21F3N4OS/c1-12(2)29-21(30)31-13(3)19(27-29)14-8-9-18-17(11-14)26-20(28(18)4)15-6-5-7-16(10-15)22(23,24)25/h5-13H,1-4H3. The number of aryl methyl sites for hydroxylation is 1. The summed E-state index contributed by atoms with van der Waals surface area (Å²) >= 11 is 1.22. The normalized spacial score (nSPS) is 17.5. The minimum absolute atomic E-state index is 0.0615. The van der Waals surface area contributed by atoms with Crippen LogP contribution in [0.15, 0.2) is 47.6 Å². The van der Waals surface area contributed by atoms with Crippen molar-refractivity contribution in [2.24, 2.45) is 12.1 Å². The van der Waals surface area contributed by atoms with Crippen molar-refractivity contribution in [1.82, 2.24) is 14.6 Å². The Morgan fingerprint density at radius 3 is 2.52 bits per heavy atom. The van der Waals surface area contributed by atoms with Crippen LogP contribution in [0.5, 0.6) is 0 Å². The highest BCUT2D eigenvalue weighted by molar-refractivity contribution is 8.14. The Balaban J connectivity index is 1.79. The van der Waals surface area contributed by atoms with Crippen LogP contribution < -0.4 is 0 Å². The molecule has 0 saturated heterocycles. The summed E-state index contributed by atoms with van der Waals surface area (Å²) in [5.41, 5.74) is 2.74. The number of hydrazone groups is 1. The van der Waals surface area contributed by atoms with Crippen molar-refractivity contribution in [2.75, 3.05) is 0 Å². The molecule has 162 valence electrons. The molecule has 1 aromatic heterocycles. The zero-order valence-electron chi connectivity index (χ0n) is 17.4. The molecule has 0 fully saturated rings. The van der Waals surface area contributed by atoms with Crippen molar-refractivity contribution < 1.29 is 18.0 Å². The van der Waals surface area contributed by atoms with Crippen LogP contribution in [0.4, 0.5) is 18.0 Å². The maximum Gasteiger partial charge on any atom is 0.416 e. The maximum absolute atomic E-state index is 13.1. The highest BCUT2D eigenvalue weighted by Crippen LogP contribution is 2.33. The number of hydrogen-bond acceptors (Lipinski definition) is 4. The van der Waals surface area contributed by atoms with Crippen LogP contribution in [-0.4, -0.2) is 36.8 Å². The first-order valence-electron chi connectivity index (χ1n) is 9.79. The van der Waals surface area contributed by atoms with Crippen LogP contribution in [0, 0.1) is 0 Å². The molecule has 0 aliphatic carbocycles. The molecule has 3 aromatic rings. The van der Waals surface area contributed by atoms with Crippen LogP contribution in [0.1, 0.15) is 31.9 Å². The first-order chi connectivity index (χ1) is 14.6. The van der Waals surface area contributed by atoms with Crippen LogP contribution in [0.2, 0.25) is 0 Å². The summed E-state index contributed by atoms with van der Waals surface area (Å²) in [5, 5.41) is 5.83. The van der Waals surface area contributed by atoms with Crippen LogP contribution in [0.25, 0.3) is 22.4 Å². The van der Waals surface area contributed by atoms with E-state index in [1.165, 1.54) is 22.8 Å². The number of thioether (sulfide) groups is 1. The monoisotopic (exact) mass is 446 g/mol. The van der Waals surface area contributed by atoms with Gasteiger partial charge in [0.05, 0.1) is 33.6 Å². The van der Waals surface area contributed by atoms with Gasteiger partial charge in [0.2, 0.25) is 0 Å². The highest BCUT2D eigenvalue weighted by atomic mass is 32.2. The SMILES string of the molecule is CC1SC(=O)N(C(C)C)N=C1c1ccc2c(c1)nc(-c1cccc(C(F)(F)F)c1)n2C.